The van der Waals surface area contributed by atoms with Gasteiger partial charge >= 0.3 is 0 Å². The number of hydrogen-bond acceptors (Lipinski definition) is 1. The first kappa shape index (κ1) is 8.98. The average Bonchev–Trinajstić information content (AvgIpc) is 2.62. The molecule has 1 aromatic heterocycles. The fourth-order valence-electron chi connectivity index (χ4n) is 2.53. The van der Waals surface area contributed by atoms with Crippen LogP contribution in [0.15, 0.2) is 12.1 Å². The predicted octanol–water partition coefficient (Wildman–Crippen LogP) is 2.43. The van der Waals surface area contributed by atoms with Crippen LogP contribution in [0.1, 0.15) is 22.4 Å². The highest BCUT2D eigenvalue weighted by molar-refractivity contribution is 5.89. The van der Waals surface area contributed by atoms with E-state index >= 15 is 0 Å². The van der Waals surface area contributed by atoms with Crippen molar-refractivity contribution < 1.29 is 0 Å². The van der Waals surface area contributed by atoms with E-state index in [-0.39, 0.29) is 0 Å². The normalized spacial score (nSPS) is 15.6. The third-order valence-electron chi connectivity index (χ3n) is 3.54. The van der Waals surface area contributed by atoms with Gasteiger partial charge in [0.25, 0.3) is 0 Å². The van der Waals surface area contributed by atoms with Crippen molar-refractivity contribution in [3.05, 3.63) is 34.5 Å². The highest BCUT2D eigenvalue weighted by Crippen LogP contribution is 2.29. The lowest BCUT2D eigenvalue weighted by molar-refractivity contribution is 0.640. The maximum atomic E-state index is 3.54. The Morgan fingerprint density at radius 1 is 1.20 bits per heavy atom. The second kappa shape index (κ2) is 3.11. The Bertz CT molecular complexity index is 523. The standard InChI is InChI=1S/C13H16N2/c1-8-3-4-12-13(9(8)2)10-7-14-6-5-11(10)15-12/h3-4,14-15H,5-7H2,1-2H3. The van der Waals surface area contributed by atoms with Crippen LogP contribution in [0.3, 0.4) is 0 Å². The first-order chi connectivity index (χ1) is 7.27. The Morgan fingerprint density at radius 3 is 2.93 bits per heavy atom. The summed E-state index contributed by atoms with van der Waals surface area (Å²) in [6.45, 7) is 6.52. The SMILES string of the molecule is Cc1ccc2[nH]c3c(c2c1C)CNCC3. The summed E-state index contributed by atoms with van der Waals surface area (Å²) in [4.78, 5) is 3.54. The van der Waals surface area contributed by atoms with Crippen molar-refractivity contribution in [2.45, 2.75) is 26.8 Å². The Hall–Kier alpha value is -1.28. The quantitative estimate of drug-likeness (QED) is 0.671. The van der Waals surface area contributed by atoms with Crippen LogP contribution < -0.4 is 5.32 Å². The molecule has 0 unspecified atom stereocenters. The maximum Gasteiger partial charge on any atom is 0.0462 e. The molecule has 2 aromatic rings. The zero-order valence-corrected chi connectivity index (χ0v) is 9.28. The van der Waals surface area contributed by atoms with Crippen LogP contribution in [0.4, 0.5) is 0 Å². The van der Waals surface area contributed by atoms with Gasteiger partial charge in [-0.1, -0.05) is 6.07 Å². The first-order valence-corrected chi connectivity index (χ1v) is 5.57. The lowest BCUT2D eigenvalue weighted by Gasteiger charge is -2.13. The molecule has 0 aliphatic carbocycles. The number of hydrogen-bond donors (Lipinski definition) is 2. The first-order valence-electron chi connectivity index (χ1n) is 5.57. The number of aryl methyl sites for hydroxylation is 2. The highest BCUT2D eigenvalue weighted by atomic mass is 14.9. The Balaban J connectivity index is 2.39. The molecule has 1 aliphatic heterocycles. The maximum absolute atomic E-state index is 3.54. The summed E-state index contributed by atoms with van der Waals surface area (Å²) in [5.41, 5.74) is 7.02. The van der Waals surface area contributed by atoms with Gasteiger partial charge in [-0.05, 0) is 36.6 Å². The predicted molar refractivity (Wildman–Crippen MR) is 63.2 cm³/mol. The molecule has 2 N–H and O–H groups in total. The van der Waals surface area contributed by atoms with Crippen LogP contribution >= 0.6 is 0 Å². The summed E-state index contributed by atoms with van der Waals surface area (Å²) in [7, 11) is 0. The molecule has 0 saturated carbocycles. The Kier molecular flexibility index (Phi) is 1.86. The Morgan fingerprint density at radius 2 is 2.07 bits per heavy atom. The van der Waals surface area contributed by atoms with Crippen LogP contribution in [-0.2, 0) is 13.0 Å². The number of rotatable bonds is 0. The van der Waals surface area contributed by atoms with Crippen molar-refractivity contribution in [3.8, 4) is 0 Å². The molecule has 0 fully saturated rings. The summed E-state index contributed by atoms with van der Waals surface area (Å²) >= 11 is 0. The van der Waals surface area contributed by atoms with E-state index in [0.717, 1.165) is 19.5 Å². The number of aromatic nitrogens is 1. The molecule has 78 valence electrons. The van der Waals surface area contributed by atoms with Gasteiger partial charge in [-0.3, -0.25) is 0 Å². The third kappa shape index (κ3) is 1.21. The van der Waals surface area contributed by atoms with E-state index in [9.17, 15) is 0 Å². The summed E-state index contributed by atoms with van der Waals surface area (Å²) in [6.07, 6.45) is 1.13. The minimum absolute atomic E-state index is 1.01. The molecule has 2 heteroatoms. The number of H-pyrrole nitrogens is 1. The fraction of sp³-hybridized carbons (Fsp3) is 0.385. The van der Waals surface area contributed by atoms with Crippen molar-refractivity contribution in [3.63, 3.8) is 0 Å². The van der Waals surface area contributed by atoms with Gasteiger partial charge in [-0.2, -0.15) is 0 Å². The summed E-state index contributed by atoms with van der Waals surface area (Å²) in [5, 5.41) is 4.89. The van der Waals surface area contributed by atoms with Crippen LogP contribution in [0.2, 0.25) is 0 Å². The van der Waals surface area contributed by atoms with E-state index in [1.54, 1.807) is 0 Å². The van der Waals surface area contributed by atoms with Crippen LogP contribution in [-0.4, -0.2) is 11.5 Å². The van der Waals surface area contributed by atoms with E-state index in [4.69, 9.17) is 0 Å². The fourth-order valence-corrected chi connectivity index (χ4v) is 2.53. The van der Waals surface area contributed by atoms with Crippen LogP contribution in [0.5, 0.6) is 0 Å². The van der Waals surface area contributed by atoms with E-state index in [0.29, 0.717) is 0 Å². The van der Waals surface area contributed by atoms with Crippen molar-refractivity contribution in [1.29, 1.82) is 0 Å². The van der Waals surface area contributed by atoms with E-state index in [1.165, 1.54) is 33.3 Å². The van der Waals surface area contributed by atoms with E-state index in [2.05, 4.69) is 36.3 Å². The van der Waals surface area contributed by atoms with Gasteiger partial charge in [-0.15, -0.1) is 0 Å². The van der Waals surface area contributed by atoms with Crippen molar-refractivity contribution in [2.75, 3.05) is 6.54 Å². The number of aromatic amines is 1. The molecule has 0 spiro atoms. The lowest BCUT2D eigenvalue weighted by Crippen LogP contribution is -2.23. The largest absolute Gasteiger partial charge is 0.358 e. The number of nitrogens with one attached hydrogen (secondary N) is 2. The zero-order chi connectivity index (χ0) is 10.4. The molecule has 2 heterocycles. The summed E-state index contributed by atoms with van der Waals surface area (Å²) in [5.74, 6) is 0. The van der Waals surface area contributed by atoms with Gasteiger partial charge in [0, 0.05) is 36.1 Å². The van der Waals surface area contributed by atoms with Gasteiger partial charge < -0.3 is 10.3 Å². The van der Waals surface area contributed by atoms with E-state index < -0.39 is 0 Å². The second-order valence-electron chi connectivity index (χ2n) is 4.44. The molecular weight excluding hydrogens is 184 g/mol. The number of benzene rings is 1. The molecule has 15 heavy (non-hydrogen) atoms. The van der Waals surface area contributed by atoms with Crippen LogP contribution in [0.25, 0.3) is 10.9 Å². The molecule has 1 aromatic carbocycles. The van der Waals surface area contributed by atoms with Crippen molar-refractivity contribution in [1.82, 2.24) is 10.3 Å². The molecule has 0 atom stereocenters. The Labute approximate surface area is 89.7 Å². The van der Waals surface area contributed by atoms with Gasteiger partial charge in [0.05, 0.1) is 0 Å². The zero-order valence-electron chi connectivity index (χ0n) is 9.28. The molecule has 0 bridgehead atoms. The van der Waals surface area contributed by atoms with Crippen LogP contribution in [0, 0.1) is 13.8 Å². The third-order valence-corrected chi connectivity index (χ3v) is 3.54. The van der Waals surface area contributed by atoms with Crippen molar-refractivity contribution in [2.24, 2.45) is 0 Å². The van der Waals surface area contributed by atoms with E-state index in [1.807, 2.05) is 0 Å². The van der Waals surface area contributed by atoms with Gasteiger partial charge in [0.2, 0.25) is 0 Å². The monoisotopic (exact) mass is 200 g/mol. The molecular formula is C13H16N2. The minimum atomic E-state index is 1.01. The topological polar surface area (TPSA) is 27.8 Å². The molecule has 2 nitrogen and oxygen atoms in total. The van der Waals surface area contributed by atoms with Crippen molar-refractivity contribution >= 4 is 10.9 Å². The molecule has 0 saturated heterocycles. The molecule has 1 aliphatic rings. The number of fused-ring (bicyclic) bond motifs is 3. The molecule has 0 radical (unpaired) electrons. The molecule has 3 rings (SSSR count). The summed E-state index contributed by atoms with van der Waals surface area (Å²) < 4.78 is 0. The lowest BCUT2D eigenvalue weighted by atomic mass is 9.99. The minimum Gasteiger partial charge on any atom is -0.358 e. The summed E-state index contributed by atoms with van der Waals surface area (Å²) in [6, 6.07) is 4.41. The van der Waals surface area contributed by atoms with Gasteiger partial charge in [0.15, 0.2) is 0 Å². The second-order valence-corrected chi connectivity index (χ2v) is 4.44. The van der Waals surface area contributed by atoms with Gasteiger partial charge in [-0.25, -0.2) is 0 Å². The highest BCUT2D eigenvalue weighted by Gasteiger charge is 2.16. The smallest absolute Gasteiger partial charge is 0.0462 e. The van der Waals surface area contributed by atoms with Gasteiger partial charge in [0.1, 0.15) is 0 Å². The average molecular weight is 200 g/mol. The molecule has 0 amide bonds.